The number of benzene rings is 3. The first-order valence-electron chi connectivity index (χ1n) is 9.77. The van der Waals surface area contributed by atoms with Gasteiger partial charge in [0, 0.05) is 12.1 Å². The number of hydrogen-bond acceptors (Lipinski definition) is 2. The van der Waals surface area contributed by atoms with Crippen molar-refractivity contribution < 1.29 is 9.18 Å². The molecule has 0 radical (unpaired) electrons. The van der Waals surface area contributed by atoms with Crippen LogP contribution in [0, 0.1) is 19.7 Å². The number of nitrogens with one attached hydrogen (secondary N) is 1. The largest absolute Gasteiger partial charge is 0.347 e. The van der Waals surface area contributed by atoms with Crippen molar-refractivity contribution in [1.82, 2.24) is 15.1 Å². The number of hydrogen-bond donors (Lipinski definition) is 1. The van der Waals surface area contributed by atoms with Crippen LogP contribution < -0.4 is 5.32 Å². The van der Waals surface area contributed by atoms with Crippen LogP contribution in [0.3, 0.4) is 0 Å². The molecule has 0 atom stereocenters. The van der Waals surface area contributed by atoms with Gasteiger partial charge in [0.15, 0.2) is 0 Å². The molecule has 0 aliphatic carbocycles. The third kappa shape index (κ3) is 4.15. The van der Waals surface area contributed by atoms with Gasteiger partial charge in [0.2, 0.25) is 0 Å². The van der Waals surface area contributed by atoms with Gasteiger partial charge in [-0.1, -0.05) is 42.5 Å². The summed E-state index contributed by atoms with van der Waals surface area (Å²) in [5, 5.41) is 7.67. The molecule has 30 heavy (non-hydrogen) atoms. The molecular weight excluding hydrogens is 377 g/mol. The molecule has 0 aliphatic rings. The minimum absolute atomic E-state index is 0.222. The van der Waals surface area contributed by atoms with Crippen molar-refractivity contribution in [1.29, 1.82) is 0 Å². The van der Waals surface area contributed by atoms with E-state index in [1.165, 1.54) is 12.1 Å². The van der Waals surface area contributed by atoms with E-state index < -0.39 is 0 Å². The zero-order valence-corrected chi connectivity index (χ0v) is 16.9. The summed E-state index contributed by atoms with van der Waals surface area (Å²) >= 11 is 0. The lowest BCUT2D eigenvalue weighted by molar-refractivity contribution is 0.0943. The summed E-state index contributed by atoms with van der Waals surface area (Å²) in [7, 11) is 0. The fourth-order valence-electron chi connectivity index (χ4n) is 3.30. The van der Waals surface area contributed by atoms with Crippen LogP contribution in [0.4, 0.5) is 4.39 Å². The second kappa shape index (κ2) is 8.33. The van der Waals surface area contributed by atoms with Crippen LogP contribution in [-0.4, -0.2) is 15.7 Å². The summed E-state index contributed by atoms with van der Waals surface area (Å²) in [5.74, 6) is -0.533. The molecule has 0 saturated heterocycles. The summed E-state index contributed by atoms with van der Waals surface area (Å²) in [4.78, 5) is 13.1. The first kappa shape index (κ1) is 19.6. The highest BCUT2D eigenvalue weighted by Gasteiger charge is 2.19. The average molecular weight is 399 g/mol. The van der Waals surface area contributed by atoms with Gasteiger partial charge in [-0.15, -0.1) is 0 Å². The monoisotopic (exact) mass is 399 g/mol. The topological polar surface area (TPSA) is 46.9 Å². The first-order chi connectivity index (χ1) is 14.5. The summed E-state index contributed by atoms with van der Waals surface area (Å²) in [6, 6.07) is 23.6. The molecule has 0 fully saturated rings. The van der Waals surface area contributed by atoms with E-state index in [-0.39, 0.29) is 11.7 Å². The summed E-state index contributed by atoms with van der Waals surface area (Å²) in [5.41, 5.74) is 5.73. The lowest BCUT2D eigenvalue weighted by Crippen LogP contribution is -2.25. The number of aryl methyl sites for hydroxylation is 2. The maximum Gasteiger partial charge on any atom is 0.270 e. The van der Waals surface area contributed by atoms with Crippen molar-refractivity contribution in [3.63, 3.8) is 0 Å². The second-order valence-corrected chi connectivity index (χ2v) is 7.29. The van der Waals surface area contributed by atoms with Crippen LogP contribution in [0.25, 0.3) is 16.9 Å². The van der Waals surface area contributed by atoms with E-state index in [1.807, 2.05) is 62.4 Å². The van der Waals surface area contributed by atoms with Crippen molar-refractivity contribution in [3.05, 3.63) is 107 Å². The van der Waals surface area contributed by atoms with E-state index in [9.17, 15) is 9.18 Å². The third-order valence-corrected chi connectivity index (χ3v) is 4.97. The predicted molar refractivity (Wildman–Crippen MR) is 116 cm³/mol. The molecule has 3 aromatic carbocycles. The number of nitrogens with zero attached hydrogens (tertiary/aromatic N) is 2. The van der Waals surface area contributed by atoms with Gasteiger partial charge in [-0.3, -0.25) is 4.79 Å². The molecule has 1 aromatic heterocycles. The minimum atomic E-state index is -0.312. The van der Waals surface area contributed by atoms with Crippen LogP contribution in [0.5, 0.6) is 0 Å². The molecule has 1 N–H and O–H groups in total. The maximum absolute atomic E-state index is 13.3. The van der Waals surface area contributed by atoms with Gasteiger partial charge in [-0.05, 0) is 66.9 Å². The average Bonchev–Trinajstić information content (AvgIpc) is 3.20. The Morgan fingerprint density at radius 3 is 2.43 bits per heavy atom. The van der Waals surface area contributed by atoms with Crippen molar-refractivity contribution >= 4 is 5.91 Å². The van der Waals surface area contributed by atoms with Crippen LogP contribution in [0.1, 0.15) is 27.2 Å². The van der Waals surface area contributed by atoms with Crippen LogP contribution >= 0.6 is 0 Å². The Bertz CT molecular complexity index is 1180. The number of aromatic nitrogens is 2. The number of rotatable bonds is 5. The molecular formula is C25H22FN3O. The van der Waals surface area contributed by atoms with Gasteiger partial charge in [0.25, 0.3) is 5.91 Å². The second-order valence-electron chi connectivity index (χ2n) is 7.29. The Labute approximate surface area is 175 Å². The minimum Gasteiger partial charge on any atom is -0.347 e. The lowest BCUT2D eigenvalue weighted by atomic mass is 10.1. The normalized spacial score (nSPS) is 10.8. The molecule has 150 valence electrons. The molecule has 0 saturated carbocycles. The molecule has 0 spiro atoms. The fraction of sp³-hybridized carbons (Fsp3) is 0.120. The maximum atomic E-state index is 13.3. The Morgan fingerprint density at radius 2 is 1.70 bits per heavy atom. The standard InChI is InChI=1S/C25H22FN3O/c1-17-8-9-18(2)23(14-17)29-24(25(30)27-16-19-6-4-3-5-7-19)15-22(28-29)20-10-12-21(26)13-11-20/h3-15H,16H2,1-2H3,(H,27,30). The quantitative estimate of drug-likeness (QED) is 0.500. The Kier molecular flexibility index (Phi) is 5.44. The van der Waals surface area contributed by atoms with Crippen LogP contribution in [-0.2, 0) is 6.54 Å². The van der Waals surface area contributed by atoms with E-state index in [2.05, 4.69) is 5.32 Å². The van der Waals surface area contributed by atoms with E-state index in [4.69, 9.17) is 5.10 Å². The zero-order chi connectivity index (χ0) is 21.1. The van der Waals surface area contributed by atoms with Gasteiger partial charge in [0.1, 0.15) is 11.5 Å². The van der Waals surface area contributed by atoms with E-state index in [1.54, 1.807) is 22.9 Å². The Hall–Kier alpha value is -3.73. The smallest absolute Gasteiger partial charge is 0.270 e. The molecule has 0 aliphatic heterocycles. The third-order valence-electron chi connectivity index (χ3n) is 4.97. The molecule has 4 nitrogen and oxygen atoms in total. The van der Waals surface area contributed by atoms with Gasteiger partial charge >= 0.3 is 0 Å². The van der Waals surface area contributed by atoms with Crippen molar-refractivity contribution in [2.24, 2.45) is 0 Å². The highest BCUT2D eigenvalue weighted by Crippen LogP contribution is 2.24. The highest BCUT2D eigenvalue weighted by molar-refractivity contribution is 5.94. The van der Waals surface area contributed by atoms with Gasteiger partial charge in [-0.2, -0.15) is 5.10 Å². The van der Waals surface area contributed by atoms with Crippen molar-refractivity contribution in [2.75, 3.05) is 0 Å². The van der Waals surface area contributed by atoms with Gasteiger partial charge in [0.05, 0.1) is 11.4 Å². The Balaban J connectivity index is 1.74. The van der Waals surface area contributed by atoms with Gasteiger partial charge < -0.3 is 5.32 Å². The molecule has 0 unspecified atom stereocenters. The summed E-state index contributed by atoms with van der Waals surface area (Å²) in [6.45, 7) is 4.41. The van der Waals surface area contributed by atoms with E-state index in [0.29, 0.717) is 17.9 Å². The van der Waals surface area contributed by atoms with E-state index in [0.717, 1.165) is 27.9 Å². The molecule has 1 heterocycles. The molecule has 4 rings (SSSR count). The molecule has 4 aromatic rings. The molecule has 1 amide bonds. The van der Waals surface area contributed by atoms with Gasteiger partial charge in [-0.25, -0.2) is 9.07 Å². The number of halogens is 1. The number of carbonyl (C=O) groups excluding carboxylic acids is 1. The van der Waals surface area contributed by atoms with Crippen LogP contribution in [0.2, 0.25) is 0 Å². The predicted octanol–water partition coefficient (Wildman–Crippen LogP) is 5.23. The first-order valence-corrected chi connectivity index (χ1v) is 9.77. The van der Waals surface area contributed by atoms with E-state index >= 15 is 0 Å². The SMILES string of the molecule is Cc1ccc(C)c(-n2nc(-c3ccc(F)cc3)cc2C(=O)NCc2ccccc2)c1. The fourth-order valence-corrected chi connectivity index (χ4v) is 3.30. The number of carbonyl (C=O) groups is 1. The highest BCUT2D eigenvalue weighted by atomic mass is 19.1. The summed E-state index contributed by atoms with van der Waals surface area (Å²) in [6.07, 6.45) is 0. The molecule has 5 heteroatoms. The summed E-state index contributed by atoms with van der Waals surface area (Å²) < 4.78 is 15.0. The van der Waals surface area contributed by atoms with Crippen molar-refractivity contribution in [3.8, 4) is 16.9 Å². The Morgan fingerprint density at radius 1 is 0.967 bits per heavy atom. The van der Waals surface area contributed by atoms with Crippen molar-refractivity contribution in [2.45, 2.75) is 20.4 Å². The van der Waals surface area contributed by atoms with Crippen LogP contribution in [0.15, 0.2) is 78.9 Å². The lowest BCUT2D eigenvalue weighted by Gasteiger charge is -2.11. The number of amides is 1. The zero-order valence-electron chi connectivity index (χ0n) is 16.9. The molecule has 0 bridgehead atoms.